The number of hydrogen-bond donors (Lipinski definition) is 1. The van der Waals surface area contributed by atoms with E-state index in [2.05, 4.69) is 18.9 Å². The van der Waals surface area contributed by atoms with Crippen LogP contribution < -0.4 is 5.73 Å². The van der Waals surface area contributed by atoms with Gasteiger partial charge < -0.3 is 5.73 Å². The molecule has 3 heteroatoms. The second-order valence-electron chi connectivity index (χ2n) is 4.10. The van der Waals surface area contributed by atoms with Gasteiger partial charge in [0.25, 0.3) is 0 Å². The monoisotopic (exact) mass is 224 g/mol. The molecule has 0 aliphatic heterocycles. The van der Waals surface area contributed by atoms with Crippen molar-refractivity contribution in [2.45, 2.75) is 25.8 Å². The second kappa shape index (κ2) is 6.61. The maximum absolute atomic E-state index is 13.1. The minimum atomic E-state index is -0.164. The van der Waals surface area contributed by atoms with E-state index in [4.69, 9.17) is 5.73 Å². The number of halogens is 1. The number of nitrogens with two attached hydrogens (primary N) is 1. The Balaban J connectivity index is 2.73. The van der Waals surface area contributed by atoms with Gasteiger partial charge in [0, 0.05) is 6.04 Å². The smallest absolute Gasteiger partial charge is 0.123 e. The van der Waals surface area contributed by atoms with E-state index in [-0.39, 0.29) is 11.9 Å². The van der Waals surface area contributed by atoms with Crippen LogP contribution >= 0.6 is 0 Å². The van der Waals surface area contributed by atoms with Crippen LogP contribution in [0.15, 0.2) is 24.3 Å². The lowest BCUT2D eigenvalue weighted by molar-refractivity contribution is 0.237. The van der Waals surface area contributed by atoms with Crippen molar-refractivity contribution in [1.82, 2.24) is 4.90 Å². The van der Waals surface area contributed by atoms with Crippen LogP contribution in [0.2, 0.25) is 0 Å². The lowest BCUT2D eigenvalue weighted by atomic mass is 10.0. The first-order valence-electron chi connectivity index (χ1n) is 5.84. The third-order valence-electron chi connectivity index (χ3n) is 2.87. The average molecular weight is 224 g/mol. The molecule has 0 radical (unpaired) electrons. The summed E-state index contributed by atoms with van der Waals surface area (Å²) in [5.74, 6) is -0.164. The fourth-order valence-electron chi connectivity index (χ4n) is 2.01. The van der Waals surface area contributed by atoms with Gasteiger partial charge in [-0.2, -0.15) is 0 Å². The van der Waals surface area contributed by atoms with Crippen LogP contribution in [0.5, 0.6) is 0 Å². The molecule has 2 N–H and O–H groups in total. The molecule has 1 aromatic rings. The van der Waals surface area contributed by atoms with Crippen molar-refractivity contribution in [3.8, 4) is 0 Å². The topological polar surface area (TPSA) is 29.3 Å². The Labute approximate surface area is 97.3 Å². The molecular weight excluding hydrogens is 203 g/mol. The summed E-state index contributed by atoms with van der Waals surface area (Å²) >= 11 is 0. The van der Waals surface area contributed by atoms with Crippen molar-refractivity contribution in [3.63, 3.8) is 0 Å². The zero-order chi connectivity index (χ0) is 12.0. The number of hydrogen-bond acceptors (Lipinski definition) is 2. The number of benzene rings is 1. The van der Waals surface area contributed by atoms with E-state index < -0.39 is 0 Å². The first kappa shape index (κ1) is 13.1. The molecule has 0 aliphatic carbocycles. The summed E-state index contributed by atoms with van der Waals surface area (Å²) in [6.07, 6.45) is 1.95. The van der Waals surface area contributed by atoms with Gasteiger partial charge in [0.2, 0.25) is 0 Å². The second-order valence-corrected chi connectivity index (χ2v) is 4.10. The van der Waals surface area contributed by atoms with Gasteiger partial charge in [-0.3, -0.25) is 4.90 Å². The molecule has 0 aliphatic rings. The molecule has 1 aromatic carbocycles. The summed E-state index contributed by atoms with van der Waals surface area (Å²) < 4.78 is 13.1. The highest BCUT2D eigenvalue weighted by Gasteiger charge is 2.14. The zero-order valence-corrected chi connectivity index (χ0v) is 10.1. The van der Waals surface area contributed by atoms with Crippen molar-refractivity contribution < 1.29 is 4.39 Å². The minimum absolute atomic E-state index is 0.164. The summed E-state index contributed by atoms with van der Waals surface area (Å²) in [4.78, 5) is 2.24. The van der Waals surface area contributed by atoms with Gasteiger partial charge in [-0.1, -0.05) is 19.1 Å². The predicted molar refractivity (Wildman–Crippen MR) is 65.7 cm³/mol. The maximum Gasteiger partial charge on any atom is 0.123 e. The Morgan fingerprint density at radius 2 is 2.19 bits per heavy atom. The van der Waals surface area contributed by atoms with Gasteiger partial charge >= 0.3 is 0 Å². The molecule has 16 heavy (non-hydrogen) atoms. The van der Waals surface area contributed by atoms with Crippen LogP contribution in [0.25, 0.3) is 0 Å². The first-order valence-corrected chi connectivity index (χ1v) is 5.84. The molecule has 1 rings (SSSR count). The Hall–Kier alpha value is -0.930. The molecule has 0 amide bonds. The van der Waals surface area contributed by atoms with Crippen LogP contribution in [0.3, 0.4) is 0 Å². The zero-order valence-electron chi connectivity index (χ0n) is 10.1. The molecule has 0 aromatic heterocycles. The Bertz CT molecular complexity index is 315. The van der Waals surface area contributed by atoms with Gasteiger partial charge in [0.05, 0.1) is 0 Å². The van der Waals surface area contributed by atoms with Gasteiger partial charge in [-0.05, 0) is 50.7 Å². The molecule has 1 unspecified atom stereocenters. The van der Waals surface area contributed by atoms with E-state index in [1.807, 2.05) is 6.07 Å². The van der Waals surface area contributed by atoms with Crippen LogP contribution in [0.4, 0.5) is 4.39 Å². The van der Waals surface area contributed by atoms with E-state index >= 15 is 0 Å². The van der Waals surface area contributed by atoms with Crippen LogP contribution in [0.1, 0.15) is 31.4 Å². The minimum Gasteiger partial charge on any atom is -0.330 e. The van der Waals surface area contributed by atoms with Crippen molar-refractivity contribution >= 4 is 0 Å². The molecule has 2 nitrogen and oxygen atoms in total. The number of nitrogens with zero attached hydrogens (tertiary/aromatic N) is 1. The van der Waals surface area contributed by atoms with Gasteiger partial charge in [-0.15, -0.1) is 0 Å². The Morgan fingerprint density at radius 1 is 1.44 bits per heavy atom. The maximum atomic E-state index is 13.1. The Kier molecular flexibility index (Phi) is 5.43. The summed E-state index contributed by atoms with van der Waals surface area (Å²) in [5, 5.41) is 0. The highest BCUT2D eigenvalue weighted by Crippen LogP contribution is 2.23. The summed E-state index contributed by atoms with van der Waals surface area (Å²) in [6, 6.07) is 7.13. The summed E-state index contributed by atoms with van der Waals surface area (Å²) in [7, 11) is 2.06. The highest BCUT2D eigenvalue weighted by atomic mass is 19.1. The normalized spacial score (nSPS) is 13.1. The Morgan fingerprint density at radius 3 is 2.75 bits per heavy atom. The third kappa shape index (κ3) is 3.58. The molecule has 0 spiro atoms. The van der Waals surface area contributed by atoms with Crippen molar-refractivity contribution in [2.75, 3.05) is 20.1 Å². The van der Waals surface area contributed by atoms with Crippen LogP contribution in [-0.4, -0.2) is 25.0 Å². The molecule has 0 bridgehead atoms. The summed E-state index contributed by atoms with van der Waals surface area (Å²) in [5.41, 5.74) is 6.54. The molecule has 90 valence electrons. The predicted octanol–water partition coefficient (Wildman–Crippen LogP) is 2.56. The quantitative estimate of drug-likeness (QED) is 0.804. The first-order chi connectivity index (χ1) is 7.69. The van der Waals surface area contributed by atoms with Crippen molar-refractivity contribution in [2.24, 2.45) is 5.73 Å². The molecule has 0 fully saturated rings. The van der Waals surface area contributed by atoms with Gasteiger partial charge in [0.1, 0.15) is 5.82 Å². The lowest BCUT2D eigenvalue weighted by Gasteiger charge is -2.27. The van der Waals surface area contributed by atoms with E-state index in [9.17, 15) is 4.39 Å². The van der Waals surface area contributed by atoms with Crippen molar-refractivity contribution in [3.05, 3.63) is 35.6 Å². The van der Waals surface area contributed by atoms with E-state index in [1.165, 1.54) is 6.07 Å². The fourth-order valence-corrected chi connectivity index (χ4v) is 2.01. The van der Waals surface area contributed by atoms with Gasteiger partial charge in [-0.25, -0.2) is 4.39 Å². The summed E-state index contributed by atoms with van der Waals surface area (Å²) in [6.45, 7) is 3.77. The fraction of sp³-hybridized carbons (Fsp3) is 0.538. The van der Waals surface area contributed by atoms with E-state index in [1.54, 1.807) is 12.1 Å². The van der Waals surface area contributed by atoms with Crippen molar-refractivity contribution in [1.29, 1.82) is 0 Å². The largest absolute Gasteiger partial charge is 0.330 e. The van der Waals surface area contributed by atoms with E-state index in [0.29, 0.717) is 6.54 Å². The third-order valence-corrected chi connectivity index (χ3v) is 2.87. The SMILES string of the molecule is CCC(c1cccc(F)c1)N(C)CCCN. The standard InChI is InChI=1S/C13H21FN2/c1-3-13(16(2)9-5-8-15)11-6-4-7-12(14)10-11/h4,6-7,10,13H,3,5,8-9,15H2,1-2H3. The highest BCUT2D eigenvalue weighted by molar-refractivity contribution is 5.20. The number of rotatable bonds is 6. The van der Waals surface area contributed by atoms with Gasteiger partial charge in [0.15, 0.2) is 0 Å². The van der Waals surface area contributed by atoms with E-state index in [0.717, 1.165) is 24.9 Å². The van der Waals surface area contributed by atoms with Crippen LogP contribution in [0, 0.1) is 5.82 Å². The average Bonchev–Trinajstić information content (AvgIpc) is 2.27. The lowest BCUT2D eigenvalue weighted by Crippen LogP contribution is -2.26. The molecule has 0 heterocycles. The molecular formula is C13H21FN2. The molecule has 1 atom stereocenters. The molecule has 0 saturated heterocycles. The molecule has 0 saturated carbocycles. The van der Waals surface area contributed by atoms with Crippen LogP contribution in [-0.2, 0) is 0 Å².